The monoisotopic (exact) mass is 269 g/mol. The first-order chi connectivity index (χ1) is 9.52. The molecule has 1 aromatic rings. The van der Waals surface area contributed by atoms with Crippen molar-refractivity contribution in [2.45, 2.75) is 26.2 Å². The van der Waals surface area contributed by atoms with E-state index in [4.69, 9.17) is 0 Å². The van der Waals surface area contributed by atoms with E-state index in [1.807, 2.05) is 6.07 Å². The van der Waals surface area contributed by atoms with Gasteiger partial charge in [-0.3, -0.25) is 14.4 Å². The summed E-state index contributed by atoms with van der Waals surface area (Å²) >= 11 is 0. The highest BCUT2D eigenvalue weighted by Gasteiger charge is 2.51. The summed E-state index contributed by atoms with van der Waals surface area (Å²) in [5, 5.41) is 0. The van der Waals surface area contributed by atoms with Crippen molar-refractivity contribution in [3.63, 3.8) is 0 Å². The molecular formula is C16H15NO3. The highest BCUT2D eigenvalue weighted by molar-refractivity contribution is 6.23. The molecule has 1 atom stereocenters. The first-order valence-corrected chi connectivity index (χ1v) is 6.69. The van der Waals surface area contributed by atoms with E-state index in [9.17, 15) is 14.4 Å². The zero-order chi connectivity index (χ0) is 14.3. The Labute approximate surface area is 117 Å². The van der Waals surface area contributed by atoms with Crippen LogP contribution < -0.4 is 4.90 Å². The average molecular weight is 269 g/mol. The topological polar surface area (TPSA) is 54.5 Å². The van der Waals surface area contributed by atoms with Gasteiger partial charge in [-0.15, -0.1) is 0 Å². The van der Waals surface area contributed by atoms with Crippen LogP contribution in [-0.4, -0.2) is 17.6 Å². The molecule has 1 fully saturated rings. The zero-order valence-corrected chi connectivity index (χ0v) is 11.3. The molecule has 0 bridgehead atoms. The summed E-state index contributed by atoms with van der Waals surface area (Å²) in [4.78, 5) is 37.6. The normalized spacial score (nSPS) is 26.4. The summed E-state index contributed by atoms with van der Waals surface area (Å²) in [5.74, 6) is -0.391. The van der Waals surface area contributed by atoms with Crippen molar-refractivity contribution < 1.29 is 14.4 Å². The maximum atomic E-state index is 12.7. The summed E-state index contributed by atoms with van der Waals surface area (Å²) in [6.07, 6.45) is 2.70. The molecule has 20 heavy (non-hydrogen) atoms. The van der Waals surface area contributed by atoms with Gasteiger partial charge >= 0.3 is 0 Å². The molecule has 1 aromatic carbocycles. The van der Waals surface area contributed by atoms with E-state index in [0.717, 1.165) is 5.57 Å². The van der Waals surface area contributed by atoms with E-state index in [0.29, 0.717) is 18.5 Å². The summed E-state index contributed by atoms with van der Waals surface area (Å²) < 4.78 is 0. The van der Waals surface area contributed by atoms with E-state index in [1.54, 1.807) is 37.3 Å². The summed E-state index contributed by atoms with van der Waals surface area (Å²) in [5.41, 5.74) is 0.523. The van der Waals surface area contributed by atoms with Crippen LogP contribution in [0.1, 0.15) is 26.2 Å². The maximum Gasteiger partial charge on any atom is 0.244 e. The molecule has 0 unspecified atom stereocenters. The fraction of sp³-hybridized carbons (Fsp3) is 0.312. The van der Waals surface area contributed by atoms with Gasteiger partial charge < -0.3 is 0 Å². The maximum absolute atomic E-state index is 12.7. The predicted octanol–water partition coefficient (Wildman–Crippen LogP) is 2.25. The van der Waals surface area contributed by atoms with Crippen LogP contribution in [0, 0.1) is 5.41 Å². The Morgan fingerprint density at radius 2 is 1.75 bits per heavy atom. The van der Waals surface area contributed by atoms with Crippen molar-refractivity contribution in [3.8, 4) is 0 Å². The SMILES string of the molecule is C[C@@]1(C2=CC(=O)CC2)CC(=O)N(c2ccccc2)C1=O. The molecule has 1 aliphatic heterocycles. The van der Waals surface area contributed by atoms with Crippen LogP contribution in [0.5, 0.6) is 0 Å². The summed E-state index contributed by atoms with van der Waals surface area (Å²) in [6, 6.07) is 8.92. The summed E-state index contributed by atoms with van der Waals surface area (Å²) in [6.45, 7) is 1.76. The third kappa shape index (κ3) is 1.80. The van der Waals surface area contributed by atoms with Gasteiger partial charge in [0, 0.05) is 12.8 Å². The molecule has 1 aliphatic carbocycles. The molecule has 0 spiro atoms. The summed E-state index contributed by atoms with van der Waals surface area (Å²) in [7, 11) is 0. The first-order valence-electron chi connectivity index (χ1n) is 6.69. The minimum absolute atomic E-state index is 0.0413. The second-order valence-corrected chi connectivity index (χ2v) is 5.51. The van der Waals surface area contributed by atoms with E-state index in [-0.39, 0.29) is 24.0 Å². The lowest BCUT2D eigenvalue weighted by Gasteiger charge is -2.23. The van der Waals surface area contributed by atoms with Crippen molar-refractivity contribution in [2.24, 2.45) is 5.41 Å². The number of imide groups is 1. The molecule has 0 aromatic heterocycles. The number of hydrogen-bond acceptors (Lipinski definition) is 3. The van der Waals surface area contributed by atoms with E-state index >= 15 is 0 Å². The molecule has 0 N–H and O–H groups in total. The predicted molar refractivity (Wildman–Crippen MR) is 74.0 cm³/mol. The fourth-order valence-electron chi connectivity index (χ4n) is 2.94. The molecule has 1 heterocycles. The zero-order valence-electron chi connectivity index (χ0n) is 11.3. The third-order valence-electron chi connectivity index (χ3n) is 4.13. The van der Waals surface area contributed by atoms with Gasteiger partial charge in [0.2, 0.25) is 11.8 Å². The number of ketones is 1. The number of para-hydroxylation sites is 1. The van der Waals surface area contributed by atoms with Gasteiger partial charge in [-0.25, -0.2) is 4.90 Å². The number of amides is 2. The Morgan fingerprint density at radius 1 is 1.05 bits per heavy atom. The molecule has 4 nitrogen and oxygen atoms in total. The van der Waals surface area contributed by atoms with Gasteiger partial charge in [0.1, 0.15) is 0 Å². The van der Waals surface area contributed by atoms with Crippen molar-refractivity contribution >= 4 is 23.3 Å². The number of allylic oxidation sites excluding steroid dienone is 1. The van der Waals surface area contributed by atoms with E-state index in [2.05, 4.69) is 0 Å². The van der Waals surface area contributed by atoms with Crippen LogP contribution in [0.3, 0.4) is 0 Å². The van der Waals surface area contributed by atoms with Crippen LogP contribution in [0.25, 0.3) is 0 Å². The lowest BCUT2D eigenvalue weighted by atomic mass is 9.80. The minimum Gasteiger partial charge on any atom is -0.295 e. The molecule has 2 amide bonds. The molecule has 102 valence electrons. The van der Waals surface area contributed by atoms with Crippen molar-refractivity contribution in [3.05, 3.63) is 42.0 Å². The smallest absolute Gasteiger partial charge is 0.244 e. The second kappa shape index (κ2) is 4.40. The number of carbonyl (C=O) groups is 3. The lowest BCUT2D eigenvalue weighted by molar-refractivity contribution is -0.124. The number of rotatable bonds is 2. The van der Waals surface area contributed by atoms with Crippen LogP contribution >= 0.6 is 0 Å². The van der Waals surface area contributed by atoms with Gasteiger partial charge in [0.25, 0.3) is 0 Å². The van der Waals surface area contributed by atoms with Crippen LogP contribution in [-0.2, 0) is 14.4 Å². The number of hydrogen-bond donors (Lipinski definition) is 0. The highest BCUT2D eigenvalue weighted by atomic mass is 16.2. The van der Waals surface area contributed by atoms with Crippen molar-refractivity contribution in [1.29, 1.82) is 0 Å². The molecule has 0 radical (unpaired) electrons. The van der Waals surface area contributed by atoms with Gasteiger partial charge in [0.05, 0.1) is 11.1 Å². The Kier molecular flexibility index (Phi) is 2.82. The Hall–Kier alpha value is -2.23. The van der Waals surface area contributed by atoms with Gasteiger partial charge in [-0.2, -0.15) is 0 Å². The van der Waals surface area contributed by atoms with Gasteiger partial charge in [0.15, 0.2) is 5.78 Å². The average Bonchev–Trinajstić information content (AvgIpc) is 2.95. The molecule has 1 saturated heterocycles. The lowest BCUT2D eigenvalue weighted by Crippen LogP contribution is -2.35. The standard InChI is InChI=1S/C16H15NO3/c1-16(11-7-8-13(18)9-11)10-14(19)17(15(16)20)12-5-3-2-4-6-12/h2-6,9H,7-8,10H2,1H3/t16-/m0/s1. The number of nitrogens with zero attached hydrogens (tertiary/aromatic N) is 1. The van der Waals surface area contributed by atoms with Gasteiger partial charge in [-0.1, -0.05) is 23.8 Å². The molecule has 0 saturated carbocycles. The Bertz CT molecular complexity index is 632. The van der Waals surface area contributed by atoms with Crippen LogP contribution in [0.15, 0.2) is 42.0 Å². The number of benzene rings is 1. The second-order valence-electron chi connectivity index (χ2n) is 5.51. The van der Waals surface area contributed by atoms with Crippen molar-refractivity contribution in [2.75, 3.05) is 4.90 Å². The minimum atomic E-state index is -0.862. The first kappa shape index (κ1) is 12.8. The molecule has 4 heteroatoms. The van der Waals surface area contributed by atoms with E-state index in [1.165, 1.54) is 4.90 Å². The van der Waals surface area contributed by atoms with Gasteiger partial charge in [-0.05, 0) is 31.6 Å². The van der Waals surface area contributed by atoms with Crippen LogP contribution in [0.4, 0.5) is 5.69 Å². The third-order valence-corrected chi connectivity index (χ3v) is 4.13. The van der Waals surface area contributed by atoms with Crippen molar-refractivity contribution in [1.82, 2.24) is 0 Å². The quantitative estimate of drug-likeness (QED) is 0.774. The van der Waals surface area contributed by atoms with Crippen LogP contribution in [0.2, 0.25) is 0 Å². The Balaban J connectivity index is 1.99. The molecular weight excluding hydrogens is 254 g/mol. The molecule has 2 aliphatic rings. The highest BCUT2D eigenvalue weighted by Crippen LogP contribution is 2.44. The Morgan fingerprint density at radius 3 is 2.35 bits per heavy atom. The van der Waals surface area contributed by atoms with E-state index < -0.39 is 5.41 Å². The molecule has 3 rings (SSSR count). The number of anilines is 1. The largest absolute Gasteiger partial charge is 0.295 e. The fourth-order valence-corrected chi connectivity index (χ4v) is 2.94. The number of carbonyl (C=O) groups excluding carboxylic acids is 3.